The molecule has 0 saturated heterocycles. The zero-order valence-corrected chi connectivity index (χ0v) is 18.8. The summed E-state index contributed by atoms with van der Waals surface area (Å²) < 4.78 is 11.0. The summed E-state index contributed by atoms with van der Waals surface area (Å²) in [5.74, 6) is 0.287. The van der Waals surface area contributed by atoms with Crippen LogP contribution in [0.15, 0.2) is 53.5 Å². The Kier molecular flexibility index (Phi) is 8.34. The topological polar surface area (TPSA) is 118 Å². The van der Waals surface area contributed by atoms with E-state index in [2.05, 4.69) is 20.9 Å². The fourth-order valence-corrected chi connectivity index (χ4v) is 2.42. The molecule has 32 heavy (non-hydrogen) atoms. The number of nitrogens with zero attached hydrogens (tertiary/aromatic N) is 1. The number of benzene rings is 2. The Morgan fingerprint density at radius 3 is 2.25 bits per heavy atom. The number of carbonyl (C=O) groups is 3. The summed E-state index contributed by atoms with van der Waals surface area (Å²) in [4.78, 5) is 40.2. The summed E-state index contributed by atoms with van der Waals surface area (Å²) in [5.41, 5.74) is -0.106. The van der Waals surface area contributed by atoms with E-state index in [9.17, 15) is 14.4 Å². The molecule has 0 unspecified atom stereocenters. The van der Waals surface area contributed by atoms with Gasteiger partial charge in [-0.1, -0.05) is 25.1 Å². The van der Waals surface area contributed by atoms with Crippen LogP contribution in [0.2, 0.25) is 0 Å². The standard InChI is InChI=1S/C23H28N4O5/c1-6-20(29)26-21(27-22(30)32-23(3,4)5)25-18-13-12-17(14-19(18)24-15(2)28)31-16-10-8-7-9-11-16/h7-14H,6H2,1-5H3,(H,24,28)(H2,25,26,27,29,30). The molecule has 0 aliphatic carbocycles. The summed E-state index contributed by atoms with van der Waals surface area (Å²) in [6.07, 6.45) is -0.602. The zero-order chi connectivity index (χ0) is 23.7. The highest BCUT2D eigenvalue weighted by molar-refractivity contribution is 6.04. The average molecular weight is 441 g/mol. The Labute approximate surface area is 187 Å². The number of rotatable bonds is 5. The van der Waals surface area contributed by atoms with Gasteiger partial charge < -0.3 is 14.8 Å². The van der Waals surface area contributed by atoms with Crippen LogP contribution in [-0.2, 0) is 14.3 Å². The van der Waals surface area contributed by atoms with Crippen LogP contribution in [0.4, 0.5) is 16.2 Å². The number of amides is 3. The SMILES string of the molecule is CCC(=O)NC(=Nc1ccc(Oc2ccccc2)cc1NC(C)=O)NC(=O)OC(C)(C)C. The van der Waals surface area contributed by atoms with Gasteiger partial charge in [0.25, 0.3) is 0 Å². The van der Waals surface area contributed by atoms with E-state index in [4.69, 9.17) is 9.47 Å². The highest BCUT2D eigenvalue weighted by Crippen LogP contribution is 2.32. The number of ether oxygens (including phenoxy) is 2. The molecule has 9 nitrogen and oxygen atoms in total. The summed E-state index contributed by atoms with van der Waals surface area (Å²) in [5, 5.41) is 7.64. The molecule has 0 saturated carbocycles. The van der Waals surface area contributed by atoms with Crippen molar-refractivity contribution < 1.29 is 23.9 Å². The van der Waals surface area contributed by atoms with Gasteiger partial charge in [-0.05, 0) is 45.0 Å². The van der Waals surface area contributed by atoms with E-state index in [0.29, 0.717) is 22.9 Å². The number of para-hydroxylation sites is 1. The summed E-state index contributed by atoms with van der Waals surface area (Å²) >= 11 is 0. The second kappa shape index (κ2) is 10.9. The number of guanidine groups is 1. The minimum absolute atomic E-state index is 0.130. The van der Waals surface area contributed by atoms with E-state index < -0.39 is 11.7 Å². The predicted octanol–water partition coefficient (Wildman–Crippen LogP) is 4.48. The minimum atomic E-state index is -0.780. The summed E-state index contributed by atoms with van der Waals surface area (Å²) in [7, 11) is 0. The van der Waals surface area contributed by atoms with Crippen molar-refractivity contribution in [2.75, 3.05) is 5.32 Å². The number of carbonyl (C=O) groups excluding carboxylic acids is 3. The molecule has 0 bridgehead atoms. The molecule has 2 aromatic carbocycles. The van der Waals surface area contributed by atoms with Crippen molar-refractivity contribution >= 4 is 35.2 Å². The fourth-order valence-electron chi connectivity index (χ4n) is 2.42. The Hall–Kier alpha value is -3.88. The number of hydrogen-bond donors (Lipinski definition) is 3. The third-order valence-electron chi connectivity index (χ3n) is 3.69. The molecule has 3 N–H and O–H groups in total. The van der Waals surface area contributed by atoms with Crippen molar-refractivity contribution in [1.82, 2.24) is 10.6 Å². The second-order valence-electron chi connectivity index (χ2n) is 7.76. The molecule has 9 heteroatoms. The number of aliphatic imine (C=N–C) groups is 1. The molecule has 2 rings (SSSR count). The van der Waals surface area contributed by atoms with Crippen LogP contribution in [0.1, 0.15) is 41.0 Å². The molecule has 0 radical (unpaired) electrons. The van der Waals surface area contributed by atoms with Crippen LogP contribution in [0, 0.1) is 0 Å². The van der Waals surface area contributed by atoms with Crippen molar-refractivity contribution in [3.8, 4) is 11.5 Å². The third-order valence-corrected chi connectivity index (χ3v) is 3.69. The highest BCUT2D eigenvalue weighted by atomic mass is 16.6. The molecule has 0 aliphatic rings. The maximum atomic E-state index is 12.2. The maximum Gasteiger partial charge on any atom is 0.414 e. The number of hydrogen-bond acceptors (Lipinski definition) is 6. The smallest absolute Gasteiger partial charge is 0.414 e. The predicted molar refractivity (Wildman–Crippen MR) is 122 cm³/mol. The van der Waals surface area contributed by atoms with E-state index >= 15 is 0 Å². The van der Waals surface area contributed by atoms with Crippen LogP contribution in [0.5, 0.6) is 11.5 Å². The first-order valence-corrected chi connectivity index (χ1v) is 10.1. The molecule has 170 valence electrons. The Bertz CT molecular complexity index is 997. The molecule has 0 aliphatic heterocycles. The molecule has 0 aromatic heterocycles. The lowest BCUT2D eigenvalue weighted by Crippen LogP contribution is -2.45. The van der Waals surface area contributed by atoms with Crippen LogP contribution < -0.4 is 20.7 Å². The lowest BCUT2D eigenvalue weighted by molar-refractivity contribution is -0.119. The van der Waals surface area contributed by atoms with Gasteiger partial charge in [0.15, 0.2) is 0 Å². The van der Waals surface area contributed by atoms with Gasteiger partial charge in [-0.15, -0.1) is 0 Å². The van der Waals surface area contributed by atoms with Crippen molar-refractivity contribution in [3.05, 3.63) is 48.5 Å². The van der Waals surface area contributed by atoms with Crippen molar-refractivity contribution in [1.29, 1.82) is 0 Å². The van der Waals surface area contributed by atoms with Gasteiger partial charge in [0, 0.05) is 19.4 Å². The van der Waals surface area contributed by atoms with Gasteiger partial charge in [-0.2, -0.15) is 0 Å². The van der Waals surface area contributed by atoms with Gasteiger partial charge >= 0.3 is 6.09 Å². The quantitative estimate of drug-likeness (QED) is 0.468. The Morgan fingerprint density at radius 1 is 0.969 bits per heavy atom. The van der Waals surface area contributed by atoms with Gasteiger partial charge in [0.05, 0.1) is 11.4 Å². The Balaban J connectivity index is 2.37. The van der Waals surface area contributed by atoms with Gasteiger partial charge in [0.2, 0.25) is 17.8 Å². The summed E-state index contributed by atoms with van der Waals surface area (Å²) in [6, 6.07) is 14.0. The Morgan fingerprint density at radius 2 is 1.66 bits per heavy atom. The zero-order valence-electron chi connectivity index (χ0n) is 18.8. The van der Waals surface area contributed by atoms with E-state index in [1.165, 1.54) is 6.92 Å². The molecule has 3 amide bonds. The lowest BCUT2D eigenvalue weighted by atomic mass is 10.2. The molecule has 2 aromatic rings. The lowest BCUT2D eigenvalue weighted by Gasteiger charge is -2.20. The first-order chi connectivity index (χ1) is 15.1. The number of alkyl carbamates (subject to hydrolysis) is 1. The molecular formula is C23H28N4O5. The molecular weight excluding hydrogens is 412 g/mol. The number of anilines is 1. The first kappa shape index (κ1) is 24.4. The van der Waals surface area contributed by atoms with Crippen LogP contribution in [0.25, 0.3) is 0 Å². The minimum Gasteiger partial charge on any atom is -0.457 e. The largest absolute Gasteiger partial charge is 0.457 e. The normalized spacial score (nSPS) is 11.3. The maximum absolute atomic E-state index is 12.2. The van der Waals surface area contributed by atoms with Crippen LogP contribution >= 0.6 is 0 Å². The van der Waals surface area contributed by atoms with Crippen LogP contribution in [0.3, 0.4) is 0 Å². The summed E-state index contributed by atoms with van der Waals surface area (Å²) in [6.45, 7) is 8.17. The molecule has 0 heterocycles. The third kappa shape index (κ3) is 8.47. The van der Waals surface area contributed by atoms with Gasteiger partial charge in [-0.25, -0.2) is 9.79 Å². The molecule has 0 atom stereocenters. The van der Waals surface area contributed by atoms with E-state index in [0.717, 1.165) is 0 Å². The van der Waals surface area contributed by atoms with Crippen molar-refractivity contribution in [3.63, 3.8) is 0 Å². The first-order valence-electron chi connectivity index (χ1n) is 10.1. The fraction of sp³-hybridized carbons (Fsp3) is 0.304. The monoisotopic (exact) mass is 440 g/mol. The highest BCUT2D eigenvalue weighted by Gasteiger charge is 2.19. The molecule has 0 spiro atoms. The molecule has 0 fully saturated rings. The second-order valence-corrected chi connectivity index (χ2v) is 7.76. The van der Waals surface area contributed by atoms with Crippen LogP contribution in [-0.4, -0.2) is 29.5 Å². The average Bonchev–Trinajstić information content (AvgIpc) is 2.68. The van der Waals surface area contributed by atoms with Gasteiger partial charge in [-0.3, -0.25) is 20.2 Å². The van der Waals surface area contributed by atoms with E-state index in [1.54, 1.807) is 58.0 Å². The van der Waals surface area contributed by atoms with Gasteiger partial charge in [0.1, 0.15) is 17.1 Å². The van der Waals surface area contributed by atoms with E-state index in [-0.39, 0.29) is 24.2 Å². The van der Waals surface area contributed by atoms with Crippen molar-refractivity contribution in [2.45, 2.75) is 46.6 Å². The number of nitrogens with one attached hydrogen (secondary N) is 3. The van der Waals surface area contributed by atoms with Crippen molar-refractivity contribution in [2.24, 2.45) is 4.99 Å². The van der Waals surface area contributed by atoms with E-state index in [1.807, 2.05) is 18.2 Å².